The van der Waals surface area contributed by atoms with E-state index in [4.69, 9.17) is 0 Å². The van der Waals surface area contributed by atoms with Crippen LogP contribution in [0.3, 0.4) is 0 Å². The Morgan fingerprint density at radius 2 is 2.11 bits per heavy atom. The molecular weight excluding hydrogens is 293 g/mol. The summed E-state index contributed by atoms with van der Waals surface area (Å²) in [5.74, 6) is 0.702. The van der Waals surface area contributed by atoms with Gasteiger partial charge in [0, 0.05) is 10.5 Å². The van der Waals surface area contributed by atoms with Crippen molar-refractivity contribution < 1.29 is 4.39 Å². The molecule has 0 aliphatic heterocycles. The quantitative estimate of drug-likeness (QED) is 0.741. The maximum Gasteiger partial charge on any atom is 0.125 e. The van der Waals surface area contributed by atoms with Crippen LogP contribution in [-0.2, 0) is 0 Å². The Labute approximate surface area is 117 Å². The van der Waals surface area contributed by atoms with E-state index in [1.807, 2.05) is 0 Å². The first kappa shape index (κ1) is 13.9. The predicted molar refractivity (Wildman–Crippen MR) is 78.4 cm³/mol. The van der Waals surface area contributed by atoms with Gasteiger partial charge in [-0.15, -0.1) is 0 Å². The highest BCUT2D eigenvalue weighted by atomic mass is 79.9. The molecule has 0 radical (unpaired) electrons. The summed E-state index contributed by atoms with van der Waals surface area (Å²) in [5.41, 5.74) is 0.884. The number of anilines is 1. The summed E-state index contributed by atoms with van der Waals surface area (Å²) in [6, 6.07) is 5.31. The third-order valence-corrected chi connectivity index (χ3v) is 4.65. The number of benzene rings is 1. The summed E-state index contributed by atoms with van der Waals surface area (Å²) in [4.78, 5) is 0. The molecule has 2 atom stereocenters. The Morgan fingerprint density at radius 3 is 2.89 bits per heavy atom. The van der Waals surface area contributed by atoms with E-state index < -0.39 is 0 Å². The SMILES string of the molecule is CCC1CCCC(Nc2cc(F)ccc2Br)CC1. The minimum Gasteiger partial charge on any atom is -0.381 e. The molecule has 3 heteroatoms. The molecule has 0 spiro atoms. The van der Waals surface area contributed by atoms with Gasteiger partial charge in [0.15, 0.2) is 0 Å². The van der Waals surface area contributed by atoms with Gasteiger partial charge >= 0.3 is 0 Å². The molecule has 18 heavy (non-hydrogen) atoms. The van der Waals surface area contributed by atoms with E-state index in [1.54, 1.807) is 12.1 Å². The van der Waals surface area contributed by atoms with Crippen molar-refractivity contribution in [2.45, 2.75) is 51.5 Å². The maximum atomic E-state index is 13.2. The van der Waals surface area contributed by atoms with Gasteiger partial charge in [-0.1, -0.05) is 26.2 Å². The highest BCUT2D eigenvalue weighted by molar-refractivity contribution is 9.10. The third-order valence-electron chi connectivity index (χ3n) is 3.95. The van der Waals surface area contributed by atoms with Crippen LogP contribution in [0.25, 0.3) is 0 Å². The van der Waals surface area contributed by atoms with Gasteiger partial charge in [-0.25, -0.2) is 4.39 Å². The van der Waals surface area contributed by atoms with E-state index in [1.165, 1.54) is 44.6 Å². The lowest BCUT2D eigenvalue weighted by molar-refractivity contribution is 0.444. The average molecular weight is 314 g/mol. The first-order valence-electron chi connectivity index (χ1n) is 6.90. The van der Waals surface area contributed by atoms with Gasteiger partial charge in [0.25, 0.3) is 0 Å². The standard InChI is InChI=1S/C15H21BrFN/c1-2-11-4-3-5-13(8-6-11)18-15-10-12(17)7-9-14(15)16/h7,9-11,13,18H,2-6,8H2,1H3. The molecule has 0 heterocycles. The van der Waals surface area contributed by atoms with Crippen LogP contribution in [0.4, 0.5) is 10.1 Å². The second-order valence-corrected chi connectivity index (χ2v) is 6.10. The summed E-state index contributed by atoms with van der Waals surface area (Å²) in [7, 11) is 0. The van der Waals surface area contributed by atoms with Crippen LogP contribution in [0.15, 0.2) is 22.7 Å². The van der Waals surface area contributed by atoms with Crippen LogP contribution in [0.2, 0.25) is 0 Å². The second-order valence-electron chi connectivity index (χ2n) is 5.25. The molecule has 1 fully saturated rings. The van der Waals surface area contributed by atoms with Crippen molar-refractivity contribution in [2.24, 2.45) is 5.92 Å². The topological polar surface area (TPSA) is 12.0 Å². The smallest absolute Gasteiger partial charge is 0.125 e. The third kappa shape index (κ3) is 3.71. The molecule has 1 nitrogen and oxygen atoms in total. The van der Waals surface area contributed by atoms with Crippen LogP contribution in [0.1, 0.15) is 45.4 Å². The van der Waals surface area contributed by atoms with Gasteiger partial charge in [-0.2, -0.15) is 0 Å². The van der Waals surface area contributed by atoms with E-state index in [9.17, 15) is 4.39 Å². The molecule has 0 bridgehead atoms. The zero-order chi connectivity index (χ0) is 13.0. The molecule has 1 aliphatic carbocycles. The van der Waals surface area contributed by atoms with Crippen molar-refractivity contribution in [3.8, 4) is 0 Å². The lowest BCUT2D eigenvalue weighted by atomic mass is 9.98. The molecule has 2 unspecified atom stereocenters. The van der Waals surface area contributed by atoms with Crippen LogP contribution in [0, 0.1) is 11.7 Å². The molecule has 1 N–H and O–H groups in total. The Hall–Kier alpha value is -0.570. The summed E-state index contributed by atoms with van der Waals surface area (Å²) < 4.78 is 14.2. The number of hydrogen-bond acceptors (Lipinski definition) is 1. The van der Waals surface area contributed by atoms with Gasteiger partial charge in [-0.3, -0.25) is 0 Å². The maximum absolute atomic E-state index is 13.2. The zero-order valence-corrected chi connectivity index (χ0v) is 12.5. The number of rotatable bonds is 3. The number of nitrogens with one attached hydrogen (secondary N) is 1. The fourth-order valence-corrected chi connectivity index (χ4v) is 3.12. The summed E-state index contributed by atoms with van der Waals surface area (Å²) in [6.07, 6.45) is 7.60. The first-order valence-corrected chi connectivity index (χ1v) is 7.70. The molecule has 0 amide bonds. The van der Waals surface area contributed by atoms with E-state index in [0.717, 1.165) is 16.1 Å². The zero-order valence-electron chi connectivity index (χ0n) is 10.9. The van der Waals surface area contributed by atoms with Crippen LogP contribution < -0.4 is 5.32 Å². The molecule has 1 aromatic carbocycles. The second kappa shape index (κ2) is 6.55. The lowest BCUT2D eigenvalue weighted by Gasteiger charge is -2.19. The van der Waals surface area contributed by atoms with Crippen molar-refractivity contribution in [1.82, 2.24) is 0 Å². The van der Waals surface area contributed by atoms with Gasteiger partial charge in [-0.05, 0) is 59.3 Å². The Bertz CT molecular complexity index is 394. The Balaban J connectivity index is 1.98. The monoisotopic (exact) mass is 313 g/mol. The fraction of sp³-hybridized carbons (Fsp3) is 0.600. The van der Waals surface area contributed by atoms with Gasteiger partial charge in [0.2, 0.25) is 0 Å². The normalized spacial score (nSPS) is 24.6. The Kier molecular flexibility index (Phi) is 5.04. The fourth-order valence-electron chi connectivity index (χ4n) is 2.76. The highest BCUT2D eigenvalue weighted by Crippen LogP contribution is 2.30. The molecule has 2 rings (SSSR count). The average Bonchev–Trinajstić information content (AvgIpc) is 2.59. The van der Waals surface area contributed by atoms with Crippen molar-refractivity contribution in [3.05, 3.63) is 28.5 Å². The molecule has 1 saturated carbocycles. The minimum absolute atomic E-state index is 0.180. The van der Waals surface area contributed by atoms with Gasteiger partial charge in [0.05, 0.1) is 5.69 Å². The molecule has 1 aliphatic rings. The molecule has 1 aromatic rings. The molecule has 0 saturated heterocycles. The summed E-state index contributed by atoms with van der Waals surface area (Å²) in [6.45, 7) is 2.28. The van der Waals surface area contributed by atoms with Crippen LogP contribution in [-0.4, -0.2) is 6.04 Å². The lowest BCUT2D eigenvalue weighted by Crippen LogP contribution is -2.18. The molecule has 0 aromatic heterocycles. The van der Waals surface area contributed by atoms with Crippen molar-refractivity contribution in [1.29, 1.82) is 0 Å². The predicted octanol–water partition coefficient (Wildman–Crippen LogP) is 5.36. The summed E-state index contributed by atoms with van der Waals surface area (Å²) in [5, 5.41) is 3.49. The van der Waals surface area contributed by atoms with E-state index >= 15 is 0 Å². The van der Waals surface area contributed by atoms with Crippen molar-refractivity contribution >= 4 is 21.6 Å². The molecular formula is C15H21BrFN. The van der Waals surface area contributed by atoms with Crippen molar-refractivity contribution in [3.63, 3.8) is 0 Å². The van der Waals surface area contributed by atoms with E-state index in [0.29, 0.717) is 6.04 Å². The van der Waals surface area contributed by atoms with Crippen LogP contribution in [0.5, 0.6) is 0 Å². The Morgan fingerprint density at radius 1 is 1.28 bits per heavy atom. The summed E-state index contributed by atoms with van der Waals surface area (Å²) >= 11 is 3.47. The van der Waals surface area contributed by atoms with Gasteiger partial charge in [0.1, 0.15) is 5.82 Å². The largest absolute Gasteiger partial charge is 0.381 e. The van der Waals surface area contributed by atoms with Crippen molar-refractivity contribution in [2.75, 3.05) is 5.32 Å². The molecule has 100 valence electrons. The van der Waals surface area contributed by atoms with E-state index in [2.05, 4.69) is 28.2 Å². The first-order chi connectivity index (χ1) is 8.69. The minimum atomic E-state index is -0.180. The van der Waals surface area contributed by atoms with Gasteiger partial charge < -0.3 is 5.32 Å². The highest BCUT2D eigenvalue weighted by Gasteiger charge is 2.18. The van der Waals surface area contributed by atoms with E-state index in [-0.39, 0.29) is 5.82 Å². The number of halogens is 2. The van der Waals surface area contributed by atoms with Crippen LogP contribution >= 0.6 is 15.9 Å². The number of hydrogen-bond donors (Lipinski definition) is 1.